The van der Waals surface area contributed by atoms with Crippen LogP contribution in [0, 0.1) is 13.8 Å². The van der Waals surface area contributed by atoms with Gasteiger partial charge in [-0.05, 0) is 37.6 Å². The van der Waals surface area contributed by atoms with Crippen molar-refractivity contribution < 1.29 is 13.9 Å². The number of benzene rings is 2. The van der Waals surface area contributed by atoms with E-state index in [1.165, 1.54) is 12.1 Å². The molecule has 0 saturated carbocycles. The van der Waals surface area contributed by atoms with E-state index >= 15 is 0 Å². The molecule has 3 rings (SSSR count). The molecule has 130 valence electrons. The second kappa shape index (κ2) is 7.02. The van der Waals surface area contributed by atoms with Crippen LogP contribution in [0.4, 0.5) is 0 Å². The quantitative estimate of drug-likeness (QED) is 0.623. The zero-order valence-corrected chi connectivity index (χ0v) is 15.8. The van der Waals surface area contributed by atoms with Crippen LogP contribution in [0.5, 0.6) is 0 Å². The van der Waals surface area contributed by atoms with Crippen molar-refractivity contribution in [2.45, 2.75) is 24.8 Å². The number of hydrogen-bond donors (Lipinski definition) is 2. The molecule has 0 radical (unpaired) electrons. The topological polar surface area (TPSA) is 70.4 Å². The van der Waals surface area contributed by atoms with Gasteiger partial charge in [-0.2, -0.15) is 0 Å². The van der Waals surface area contributed by atoms with Crippen LogP contribution in [0.25, 0.3) is 10.9 Å². The second-order valence-corrected chi connectivity index (χ2v) is 7.47. The minimum atomic E-state index is -2.28. The molecule has 0 bridgehead atoms. The van der Waals surface area contributed by atoms with Gasteiger partial charge in [0, 0.05) is 27.2 Å². The summed E-state index contributed by atoms with van der Waals surface area (Å²) in [6, 6.07) is 10.3. The predicted octanol–water partition coefficient (Wildman–Crippen LogP) is 4.82. The lowest BCUT2D eigenvalue weighted by molar-refractivity contribution is 0.221. The molecule has 2 aromatic carbocycles. The maximum atomic E-state index is 11.4. The molecule has 0 amide bonds. The van der Waals surface area contributed by atoms with E-state index in [9.17, 15) is 13.9 Å². The van der Waals surface area contributed by atoms with Crippen LogP contribution < -0.4 is 0 Å². The van der Waals surface area contributed by atoms with Crippen LogP contribution in [0.15, 0.2) is 41.3 Å². The van der Waals surface area contributed by atoms with Crippen LogP contribution in [0.2, 0.25) is 10.0 Å². The Morgan fingerprint density at radius 1 is 1.16 bits per heavy atom. The van der Waals surface area contributed by atoms with Crippen LogP contribution in [0.1, 0.15) is 28.5 Å². The normalized spacial score (nSPS) is 13.8. The standard InChI is InChI=1S/C18H15Cl2NO3S/c1-9-8-10(2)21-17-11(9)4-3-5-12(17)18(22)15-13(19)6-7-14(16(15)20)25(23)24/h3-8,18,22H,1-2H3,(H,23,24). The number of aryl methyl sites for hydroxylation is 2. The Labute approximate surface area is 157 Å². The van der Waals surface area contributed by atoms with Crippen molar-refractivity contribution in [3.05, 3.63) is 68.8 Å². The highest BCUT2D eigenvalue weighted by Crippen LogP contribution is 2.39. The molecule has 2 atom stereocenters. The fourth-order valence-corrected chi connectivity index (χ4v) is 4.14. The van der Waals surface area contributed by atoms with Gasteiger partial charge in [0.15, 0.2) is 11.1 Å². The number of aliphatic hydroxyl groups excluding tert-OH is 1. The minimum Gasteiger partial charge on any atom is -0.383 e. The molecular weight excluding hydrogens is 381 g/mol. The number of aliphatic hydroxyl groups is 1. The van der Waals surface area contributed by atoms with Gasteiger partial charge >= 0.3 is 0 Å². The van der Waals surface area contributed by atoms with Crippen molar-refractivity contribution in [2.24, 2.45) is 0 Å². The third-order valence-electron chi connectivity index (χ3n) is 4.05. The summed E-state index contributed by atoms with van der Waals surface area (Å²) in [7, 11) is 0. The average Bonchev–Trinajstić information content (AvgIpc) is 2.53. The van der Waals surface area contributed by atoms with E-state index in [-0.39, 0.29) is 20.5 Å². The largest absolute Gasteiger partial charge is 0.383 e. The van der Waals surface area contributed by atoms with E-state index in [1.54, 1.807) is 6.07 Å². The molecule has 0 spiro atoms. The summed E-state index contributed by atoms with van der Waals surface area (Å²) in [4.78, 5) is 4.54. The lowest BCUT2D eigenvalue weighted by atomic mass is 9.97. The summed E-state index contributed by atoms with van der Waals surface area (Å²) in [6.07, 6.45) is -1.18. The summed E-state index contributed by atoms with van der Waals surface area (Å²) in [5, 5.41) is 12.1. The van der Waals surface area contributed by atoms with Gasteiger partial charge in [-0.3, -0.25) is 4.98 Å². The molecule has 4 nitrogen and oxygen atoms in total. The van der Waals surface area contributed by atoms with Gasteiger partial charge in [0.2, 0.25) is 0 Å². The molecule has 0 saturated heterocycles. The highest BCUT2D eigenvalue weighted by molar-refractivity contribution is 7.79. The van der Waals surface area contributed by atoms with Crippen LogP contribution >= 0.6 is 23.2 Å². The lowest BCUT2D eigenvalue weighted by Crippen LogP contribution is -2.06. The Balaban J connectivity index is 2.27. The van der Waals surface area contributed by atoms with E-state index in [4.69, 9.17) is 23.2 Å². The molecule has 2 N–H and O–H groups in total. The molecule has 0 aliphatic carbocycles. The first-order chi connectivity index (χ1) is 11.8. The maximum Gasteiger partial charge on any atom is 0.188 e. The number of para-hydroxylation sites is 1. The number of halogens is 2. The molecule has 0 fully saturated rings. The summed E-state index contributed by atoms with van der Waals surface area (Å²) < 4.78 is 20.8. The molecule has 2 unspecified atom stereocenters. The fraction of sp³-hybridized carbons (Fsp3) is 0.167. The first-order valence-corrected chi connectivity index (χ1v) is 9.31. The maximum absolute atomic E-state index is 11.4. The number of rotatable bonds is 3. The summed E-state index contributed by atoms with van der Waals surface area (Å²) in [5.74, 6) is 0. The van der Waals surface area contributed by atoms with Crippen molar-refractivity contribution in [2.75, 3.05) is 0 Å². The molecule has 25 heavy (non-hydrogen) atoms. The molecule has 1 aromatic heterocycles. The van der Waals surface area contributed by atoms with Crippen molar-refractivity contribution in [1.82, 2.24) is 4.98 Å². The number of fused-ring (bicyclic) bond motifs is 1. The predicted molar refractivity (Wildman–Crippen MR) is 101 cm³/mol. The summed E-state index contributed by atoms with van der Waals surface area (Å²) in [5.41, 5.74) is 3.24. The lowest BCUT2D eigenvalue weighted by Gasteiger charge is -2.18. The minimum absolute atomic E-state index is 0.000624. The second-order valence-electron chi connectivity index (χ2n) is 5.75. The van der Waals surface area contributed by atoms with Gasteiger partial charge in [-0.25, -0.2) is 4.21 Å². The zero-order valence-electron chi connectivity index (χ0n) is 13.5. The fourth-order valence-electron chi connectivity index (χ4n) is 2.92. The number of pyridine rings is 1. The van der Waals surface area contributed by atoms with Gasteiger partial charge < -0.3 is 9.66 Å². The van der Waals surface area contributed by atoms with Gasteiger partial charge in [-0.1, -0.05) is 41.4 Å². The number of hydrogen-bond acceptors (Lipinski definition) is 3. The van der Waals surface area contributed by atoms with E-state index in [0.29, 0.717) is 11.1 Å². The Morgan fingerprint density at radius 3 is 2.56 bits per heavy atom. The average molecular weight is 396 g/mol. The molecule has 3 aromatic rings. The first kappa shape index (κ1) is 18.3. The third-order valence-corrected chi connectivity index (χ3v) is 5.62. The SMILES string of the molecule is Cc1cc(C)c2cccc(C(O)c3c(Cl)ccc(S(=O)O)c3Cl)c2n1. The number of nitrogens with zero attached hydrogens (tertiary/aromatic N) is 1. The first-order valence-electron chi connectivity index (χ1n) is 7.45. The van der Waals surface area contributed by atoms with Crippen molar-refractivity contribution in [3.63, 3.8) is 0 Å². The van der Waals surface area contributed by atoms with Gasteiger partial charge in [-0.15, -0.1) is 0 Å². The molecule has 0 aliphatic heterocycles. The van der Waals surface area contributed by atoms with E-state index in [1.807, 2.05) is 32.0 Å². The van der Waals surface area contributed by atoms with E-state index in [0.717, 1.165) is 16.6 Å². The zero-order chi connectivity index (χ0) is 18.3. The van der Waals surface area contributed by atoms with Crippen molar-refractivity contribution >= 4 is 45.2 Å². The molecule has 7 heteroatoms. The molecule has 1 heterocycles. The van der Waals surface area contributed by atoms with Gasteiger partial charge in [0.1, 0.15) is 6.10 Å². The van der Waals surface area contributed by atoms with Crippen LogP contribution in [0.3, 0.4) is 0 Å². The Kier molecular flexibility index (Phi) is 5.14. The monoisotopic (exact) mass is 395 g/mol. The Morgan fingerprint density at radius 2 is 1.88 bits per heavy atom. The van der Waals surface area contributed by atoms with Crippen LogP contribution in [-0.4, -0.2) is 18.9 Å². The van der Waals surface area contributed by atoms with Crippen molar-refractivity contribution in [1.29, 1.82) is 0 Å². The van der Waals surface area contributed by atoms with Gasteiger partial charge in [0.05, 0.1) is 15.4 Å². The van der Waals surface area contributed by atoms with E-state index < -0.39 is 17.2 Å². The van der Waals surface area contributed by atoms with Crippen molar-refractivity contribution in [3.8, 4) is 0 Å². The van der Waals surface area contributed by atoms with Crippen LogP contribution in [-0.2, 0) is 11.1 Å². The third kappa shape index (κ3) is 3.30. The molecular formula is C18H15Cl2NO3S. The smallest absolute Gasteiger partial charge is 0.188 e. The van der Waals surface area contributed by atoms with E-state index in [2.05, 4.69) is 4.98 Å². The highest BCUT2D eigenvalue weighted by Gasteiger charge is 2.24. The number of aromatic nitrogens is 1. The summed E-state index contributed by atoms with van der Waals surface area (Å²) in [6.45, 7) is 3.85. The highest BCUT2D eigenvalue weighted by atomic mass is 35.5. The Bertz CT molecular complexity index is 1010. The summed E-state index contributed by atoms with van der Waals surface area (Å²) >= 11 is 10.2. The van der Waals surface area contributed by atoms with Gasteiger partial charge in [0.25, 0.3) is 0 Å². The molecule has 0 aliphatic rings. The Hall–Kier alpha value is -1.50.